The van der Waals surface area contributed by atoms with Gasteiger partial charge in [-0.25, -0.2) is 15.0 Å². The smallest absolute Gasteiger partial charge is 0.274 e. The Hall–Kier alpha value is -2.57. The fourth-order valence-corrected chi connectivity index (χ4v) is 2.06. The molecule has 3 rings (SSSR count). The van der Waals surface area contributed by atoms with Crippen LogP contribution >= 0.6 is 0 Å². The van der Waals surface area contributed by atoms with Crippen molar-refractivity contribution < 1.29 is 4.79 Å². The number of aromatic nitrogens is 4. The van der Waals surface area contributed by atoms with Crippen molar-refractivity contribution in [2.24, 2.45) is 0 Å². The first-order valence-electron chi connectivity index (χ1n) is 5.89. The van der Waals surface area contributed by atoms with E-state index in [1.54, 1.807) is 11.1 Å². The molecule has 2 N–H and O–H groups in total. The normalized spacial score (nSPS) is 14.0. The number of fused-ring (bicyclic) bond motifs is 1. The van der Waals surface area contributed by atoms with Crippen molar-refractivity contribution in [1.29, 1.82) is 0 Å². The summed E-state index contributed by atoms with van der Waals surface area (Å²) in [4.78, 5) is 30.0. The number of nitrogens with two attached hydrogens (primary N) is 1. The number of nitrogen functional groups attached to an aromatic ring is 1. The molecule has 1 aliphatic heterocycles. The van der Waals surface area contributed by atoms with Gasteiger partial charge in [0.15, 0.2) is 0 Å². The quantitative estimate of drug-likeness (QED) is 0.774. The minimum atomic E-state index is -0.143. The maximum atomic E-state index is 12.2. The summed E-state index contributed by atoms with van der Waals surface area (Å²) in [7, 11) is 0. The molecule has 0 atom stereocenters. The largest absolute Gasteiger partial charge is 0.368 e. The molecular formula is C12H12N6O. The molecule has 0 spiro atoms. The van der Waals surface area contributed by atoms with Gasteiger partial charge >= 0.3 is 0 Å². The van der Waals surface area contributed by atoms with Crippen LogP contribution in [0.5, 0.6) is 0 Å². The van der Waals surface area contributed by atoms with Gasteiger partial charge < -0.3 is 10.6 Å². The molecule has 0 saturated heterocycles. The van der Waals surface area contributed by atoms with Gasteiger partial charge in [-0.15, -0.1) is 0 Å². The molecule has 0 bridgehead atoms. The molecule has 2 aromatic heterocycles. The number of amides is 1. The van der Waals surface area contributed by atoms with E-state index in [0.29, 0.717) is 18.8 Å². The average molecular weight is 256 g/mol. The SMILES string of the molecule is Nc1ncc2c(n1)CN(C(=O)c1cnccn1)CC2. The van der Waals surface area contributed by atoms with Gasteiger partial charge in [-0.3, -0.25) is 9.78 Å². The number of hydrogen-bond donors (Lipinski definition) is 1. The van der Waals surface area contributed by atoms with Gasteiger partial charge in [0.05, 0.1) is 18.4 Å². The third-order valence-corrected chi connectivity index (χ3v) is 3.03. The molecule has 0 aliphatic carbocycles. The second kappa shape index (κ2) is 4.60. The Bertz CT molecular complexity index is 615. The van der Waals surface area contributed by atoms with Crippen molar-refractivity contribution in [3.63, 3.8) is 0 Å². The van der Waals surface area contributed by atoms with Crippen LogP contribution in [-0.4, -0.2) is 37.3 Å². The zero-order valence-corrected chi connectivity index (χ0v) is 10.2. The van der Waals surface area contributed by atoms with E-state index in [9.17, 15) is 4.79 Å². The highest BCUT2D eigenvalue weighted by Crippen LogP contribution is 2.18. The first kappa shape index (κ1) is 11.5. The zero-order chi connectivity index (χ0) is 13.2. The average Bonchev–Trinajstić information content (AvgIpc) is 2.46. The molecule has 19 heavy (non-hydrogen) atoms. The molecule has 7 heteroatoms. The van der Waals surface area contributed by atoms with E-state index in [-0.39, 0.29) is 11.9 Å². The molecule has 96 valence electrons. The Labute approximate surface area is 109 Å². The van der Waals surface area contributed by atoms with Gasteiger partial charge in [0.1, 0.15) is 5.69 Å². The maximum Gasteiger partial charge on any atom is 0.274 e. The van der Waals surface area contributed by atoms with Crippen LogP contribution < -0.4 is 5.73 Å². The van der Waals surface area contributed by atoms with Crippen molar-refractivity contribution in [3.05, 3.63) is 41.7 Å². The fourth-order valence-electron chi connectivity index (χ4n) is 2.06. The first-order valence-corrected chi connectivity index (χ1v) is 5.89. The number of nitrogens with zero attached hydrogens (tertiary/aromatic N) is 5. The van der Waals surface area contributed by atoms with Gasteiger partial charge in [0.2, 0.25) is 5.95 Å². The third-order valence-electron chi connectivity index (χ3n) is 3.03. The highest BCUT2D eigenvalue weighted by atomic mass is 16.2. The second-order valence-electron chi connectivity index (χ2n) is 4.27. The lowest BCUT2D eigenvalue weighted by molar-refractivity contribution is 0.0725. The zero-order valence-electron chi connectivity index (χ0n) is 10.2. The van der Waals surface area contributed by atoms with Crippen LogP contribution in [0.25, 0.3) is 0 Å². The van der Waals surface area contributed by atoms with E-state index >= 15 is 0 Å². The molecule has 1 aliphatic rings. The predicted molar refractivity (Wildman–Crippen MR) is 66.9 cm³/mol. The van der Waals surface area contributed by atoms with E-state index in [1.165, 1.54) is 18.6 Å². The van der Waals surface area contributed by atoms with Crippen LogP contribution in [0.3, 0.4) is 0 Å². The van der Waals surface area contributed by atoms with Crippen molar-refractivity contribution in [2.45, 2.75) is 13.0 Å². The number of carbonyl (C=O) groups is 1. The maximum absolute atomic E-state index is 12.2. The van der Waals surface area contributed by atoms with Crippen molar-refractivity contribution in [3.8, 4) is 0 Å². The van der Waals surface area contributed by atoms with Gasteiger partial charge in [0, 0.05) is 25.1 Å². The standard InChI is InChI=1S/C12H12N6O/c13-12-16-5-8-1-4-18(7-10(8)17-12)11(19)9-6-14-2-3-15-9/h2-3,5-6H,1,4,7H2,(H2,13,16,17). The minimum Gasteiger partial charge on any atom is -0.368 e. The third kappa shape index (κ3) is 2.22. The molecule has 3 heterocycles. The summed E-state index contributed by atoms with van der Waals surface area (Å²) in [5.74, 6) is 0.0866. The Kier molecular flexibility index (Phi) is 2.79. The van der Waals surface area contributed by atoms with Crippen LogP contribution in [0, 0.1) is 0 Å². The predicted octanol–water partition coefficient (Wildman–Crippen LogP) is 0.0473. The number of carbonyl (C=O) groups excluding carboxylic acids is 1. The van der Waals surface area contributed by atoms with E-state index in [1.807, 2.05) is 0 Å². The summed E-state index contributed by atoms with van der Waals surface area (Å²) in [6.07, 6.45) is 6.96. The summed E-state index contributed by atoms with van der Waals surface area (Å²) in [6, 6.07) is 0. The summed E-state index contributed by atoms with van der Waals surface area (Å²) in [5.41, 5.74) is 7.75. The van der Waals surface area contributed by atoms with Crippen molar-refractivity contribution in [2.75, 3.05) is 12.3 Å². The van der Waals surface area contributed by atoms with Crippen molar-refractivity contribution in [1.82, 2.24) is 24.8 Å². The van der Waals surface area contributed by atoms with Crippen LogP contribution in [-0.2, 0) is 13.0 Å². The lowest BCUT2D eigenvalue weighted by Gasteiger charge is -2.27. The molecule has 0 radical (unpaired) electrons. The highest BCUT2D eigenvalue weighted by Gasteiger charge is 2.23. The Morgan fingerprint density at radius 3 is 2.95 bits per heavy atom. The highest BCUT2D eigenvalue weighted by molar-refractivity contribution is 5.92. The fraction of sp³-hybridized carbons (Fsp3) is 0.250. The minimum absolute atomic E-state index is 0.143. The first-order chi connectivity index (χ1) is 9.24. The molecule has 0 fully saturated rings. The van der Waals surface area contributed by atoms with Gasteiger partial charge in [-0.05, 0) is 12.0 Å². The Morgan fingerprint density at radius 2 is 2.16 bits per heavy atom. The molecule has 2 aromatic rings. The molecule has 7 nitrogen and oxygen atoms in total. The van der Waals surface area contributed by atoms with Crippen molar-refractivity contribution >= 4 is 11.9 Å². The molecule has 1 amide bonds. The lowest BCUT2D eigenvalue weighted by atomic mass is 10.1. The monoisotopic (exact) mass is 256 g/mol. The Balaban J connectivity index is 1.84. The van der Waals surface area contributed by atoms with Crippen LogP contribution in [0.15, 0.2) is 24.8 Å². The number of hydrogen-bond acceptors (Lipinski definition) is 6. The van der Waals surface area contributed by atoms with E-state index in [2.05, 4.69) is 19.9 Å². The lowest BCUT2D eigenvalue weighted by Crippen LogP contribution is -2.37. The van der Waals surface area contributed by atoms with E-state index in [4.69, 9.17) is 5.73 Å². The summed E-state index contributed by atoms with van der Waals surface area (Å²) < 4.78 is 0. The van der Waals surface area contributed by atoms with Gasteiger partial charge in [-0.2, -0.15) is 0 Å². The summed E-state index contributed by atoms with van der Waals surface area (Å²) >= 11 is 0. The molecule has 0 saturated carbocycles. The number of anilines is 1. The summed E-state index contributed by atoms with van der Waals surface area (Å²) in [6.45, 7) is 1.05. The summed E-state index contributed by atoms with van der Waals surface area (Å²) in [5, 5.41) is 0. The molecular weight excluding hydrogens is 244 g/mol. The van der Waals surface area contributed by atoms with Crippen LogP contribution in [0.2, 0.25) is 0 Å². The topological polar surface area (TPSA) is 97.9 Å². The molecule has 0 aromatic carbocycles. The number of rotatable bonds is 1. The van der Waals surface area contributed by atoms with Crippen LogP contribution in [0.4, 0.5) is 5.95 Å². The van der Waals surface area contributed by atoms with E-state index < -0.39 is 0 Å². The van der Waals surface area contributed by atoms with Gasteiger partial charge in [0.25, 0.3) is 5.91 Å². The molecule has 0 unspecified atom stereocenters. The second-order valence-corrected chi connectivity index (χ2v) is 4.27. The Morgan fingerprint density at radius 1 is 1.26 bits per heavy atom. The van der Waals surface area contributed by atoms with Crippen LogP contribution in [0.1, 0.15) is 21.7 Å². The van der Waals surface area contributed by atoms with Gasteiger partial charge in [-0.1, -0.05) is 0 Å². The van der Waals surface area contributed by atoms with E-state index in [0.717, 1.165) is 17.7 Å².